The lowest BCUT2D eigenvalue weighted by Gasteiger charge is -2.19. The van der Waals surface area contributed by atoms with E-state index in [1.54, 1.807) is 0 Å². The summed E-state index contributed by atoms with van der Waals surface area (Å²) in [5, 5.41) is 0.417. The molecular weight excluding hydrogens is 248 g/mol. The molecular formula is C18H16S. The molecule has 0 nitrogen and oxygen atoms in total. The van der Waals surface area contributed by atoms with Gasteiger partial charge >= 0.3 is 0 Å². The molecule has 0 spiro atoms. The number of allylic oxidation sites excluding steroid dienone is 2. The van der Waals surface area contributed by atoms with Gasteiger partial charge in [0.1, 0.15) is 0 Å². The lowest BCUT2D eigenvalue weighted by Crippen LogP contribution is -1.95. The molecule has 0 bridgehead atoms. The first-order valence-electron chi connectivity index (χ1n) is 6.51. The molecule has 2 aromatic rings. The van der Waals surface area contributed by atoms with E-state index in [4.69, 9.17) is 0 Å². The van der Waals surface area contributed by atoms with E-state index in [0.29, 0.717) is 5.25 Å². The lowest BCUT2D eigenvalue weighted by atomic mass is 10.1. The smallest absolute Gasteiger partial charge is 0.0527 e. The number of benzene rings is 2. The largest absolute Gasteiger partial charge is 0.113 e. The third-order valence-corrected chi connectivity index (χ3v) is 4.62. The van der Waals surface area contributed by atoms with Crippen LogP contribution < -0.4 is 0 Å². The van der Waals surface area contributed by atoms with E-state index >= 15 is 0 Å². The summed E-state index contributed by atoms with van der Waals surface area (Å²) >= 11 is 1.93. The quantitative estimate of drug-likeness (QED) is 0.701. The SMILES string of the molecule is Cc1ccccc1C1=CC=CC(c2ccccc2)S1. The first-order valence-corrected chi connectivity index (χ1v) is 7.38. The second-order valence-electron chi connectivity index (χ2n) is 4.68. The molecule has 2 aromatic carbocycles. The van der Waals surface area contributed by atoms with Crippen LogP contribution in [0.4, 0.5) is 0 Å². The van der Waals surface area contributed by atoms with Crippen LogP contribution in [-0.4, -0.2) is 0 Å². The molecule has 0 saturated heterocycles. The van der Waals surface area contributed by atoms with Gasteiger partial charge in [-0.2, -0.15) is 0 Å². The van der Waals surface area contributed by atoms with Crippen LogP contribution in [0, 0.1) is 6.92 Å². The molecule has 0 fully saturated rings. The predicted molar refractivity (Wildman–Crippen MR) is 85.1 cm³/mol. The van der Waals surface area contributed by atoms with E-state index in [9.17, 15) is 0 Å². The number of aryl methyl sites for hydroxylation is 1. The Bertz CT molecular complexity index is 623. The normalized spacial score (nSPS) is 18.2. The Morgan fingerprint density at radius 1 is 0.895 bits per heavy atom. The highest BCUT2D eigenvalue weighted by Gasteiger charge is 2.16. The zero-order valence-corrected chi connectivity index (χ0v) is 11.7. The Morgan fingerprint density at radius 2 is 1.63 bits per heavy atom. The zero-order valence-electron chi connectivity index (χ0n) is 10.9. The summed E-state index contributed by atoms with van der Waals surface area (Å²) in [6, 6.07) is 19.3. The van der Waals surface area contributed by atoms with Gasteiger partial charge in [0.15, 0.2) is 0 Å². The maximum absolute atomic E-state index is 2.27. The van der Waals surface area contributed by atoms with Crippen LogP contribution in [0.25, 0.3) is 4.91 Å². The van der Waals surface area contributed by atoms with Crippen LogP contribution in [0.1, 0.15) is 21.9 Å². The van der Waals surface area contributed by atoms with Crippen LogP contribution in [0.15, 0.2) is 72.8 Å². The molecule has 1 atom stereocenters. The molecule has 19 heavy (non-hydrogen) atoms. The van der Waals surface area contributed by atoms with Crippen LogP contribution in [0.5, 0.6) is 0 Å². The molecule has 1 heteroatoms. The van der Waals surface area contributed by atoms with Crippen molar-refractivity contribution in [2.75, 3.05) is 0 Å². The fourth-order valence-corrected chi connectivity index (χ4v) is 3.53. The summed E-state index contributed by atoms with van der Waals surface area (Å²) in [5.74, 6) is 0. The van der Waals surface area contributed by atoms with Crippen LogP contribution in [0.2, 0.25) is 0 Å². The Kier molecular flexibility index (Phi) is 3.56. The van der Waals surface area contributed by atoms with E-state index in [-0.39, 0.29) is 0 Å². The van der Waals surface area contributed by atoms with Gasteiger partial charge in [0.25, 0.3) is 0 Å². The molecule has 0 saturated carbocycles. The Balaban J connectivity index is 1.89. The maximum atomic E-state index is 2.27. The van der Waals surface area contributed by atoms with Gasteiger partial charge in [0, 0.05) is 4.91 Å². The number of hydrogen-bond acceptors (Lipinski definition) is 1. The molecule has 0 aromatic heterocycles. The van der Waals surface area contributed by atoms with Gasteiger partial charge in [-0.3, -0.25) is 0 Å². The van der Waals surface area contributed by atoms with E-state index in [0.717, 1.165) is 0 Å². The summed E-state index contributed by atoms with van der Waals surface area (Å²) in [6.07, 6.45) is 6.66. The molecule has 1 aliphatic heterocycles. The molecule has 1 aliphatic rings. The molecule has 0 N–H and O–H groups in total. The Hall–Kier alpha value is -1.73. The van der Waals surface area contributed by atoms with Gasteiger partial charge in [-0.25, -0.2) is 0 Å². The average Bonchev–Trinajstić information content (AvgIpc) is 2.49. The molecule has 0 amide bonds. The summed E-state index contributed by atoms with van der Waals surface area (Å²) < 4.78 is 0. The van der Waals surface area contributed by atoms with Crippen molar-refractivity contribution in [3.63, 3.8) is 0 Å². The summed E-state index contributed by atoms with van der Waals surface area (Å²) in [6.45, 7) is 2.17. The van der Waals surface area contributed by atoms with Crippen molar-refractivity contribution in [2.24, 2.45) is 0 Å². The highest BCUT2D eigenvalue weighted by Crippen LogP contribution is 2.43. The van der Waals surface area contributed by atoms with Gasteiger partial charge in [-0.05, 0) is 29.7 Å². The highest BCUT2D eigenvalue weighted by molar-refractivity contribution is 8.08. The fraction of sp³-hybridized carbons (Fsp3) is 0.111. The molecule has 0 aliphatic carbocycles. The third kappa shape index (κ3) is 2.66. The van der Waals surface area contributed by atoms with Crippen molar-refractivity contribution in [1.82, 2.24) is 0 Å². The van der Waals surface area contributed by atoms with Crippen LogP contribution in [0.3, 0.4) is 0 Å². The molecule has 3 rings (SSSR count). The molecule has 1 unspecified atom stereocenters. The highest BCUT2D eigenvalue weighted by atomic mass is 32.2. The van der Waals surface area contributed by atoms with E-state index in [2.05, 4.69) is 79.7 Å². The van der Waals surface area contributed by atoms with Crippen molar-refractivity contribution >= 4 is 16.7 Å². The standard InChI is InChI=1S/C18H16S/c1-14-8-5-6-11-16(14)18-13-7-12-17(19-18)15-9-3-2-4-10-15/h2-13,17H,1H3. The fourth-order valence-electron chi connectivity index (χ4n) is 2.28. The van der Waals surface area contributed by atoms with Gasteiger partial charge < -0.3 is 0 Å². The summed E-state index contributed by atoms with van der Waals surface area (Å²) in [7, 11) is 0. The first-order chi connectivity index (χ1) is 9.34. The summed E-state index contributed by atoms with van der Waals surface area (Å²) in [5.41, 5.74) is 4.05. The number of thioether (sulfide) groups is 1. The minimum absolute atomic E-state index is 0.417. The Labute approximate surface area is 118 Å². The monoisotopic (exact) mass is 264 g/mol. The summed E-state index contributed by atoms with van der Waals surface area (Å²) in [4.78, 5) is 1.36. The molecule has 94 valence electrons. The van der Waals surface area contributed by atoms with Crippen molar-refractivity contribution in [3.05, 3.63) is 89.5 Å². The van der Waals surface area contributed by atoms with Crippen molar-refractivity contribution < 1.29 is 0 Å². The first kappa shape index (κ1) is 12.3. The Morgan fingerprint density at radius 3 is 2.42 bits per heavy atom. The molecule has 1 heterocycles. The molecule has 0 radical (unpaired) electrons. The van der Waals surface area contributed by atoms with Crippen molar-refractivity contribution in [1.29, 1.82) is 0 Å². The minimum Gasteiger partial charge on any atom is -0.113 e. The number of hydrogen-bond donors (Lipinski definition) is 0. The van der Waals surface area contributed by atoms with Gasteiger partial charge in [0.05, 0.1) is 5.25 Å². The lowest BCUT2D eigenvalue weighted by molar-refractivity contribution is 1.23. The van der Waals surface area contributed by atoms with Gasteiger partial charge in [-0.15, -0.1) is 11.8 Å². The second kappa shape index (κ2) is 5.50. The minimum atomic E-state index is 0.417. The zero-order chi connectivity index (χ0) is 13.1. The maximum Gasteiger partial charge on any atom is 0.0527 e. The van der Waals surface area contributed by atoms with E-state index < -0.39 is 0 Å². The van der Waals surface area contributed by atoms with Gasteiger partial charge in [0.2, 0.25) is 0 Å². The second-order valence-corrected chi connectivity index (χ2v) is 5.86. The predicted octanol–water partition coefficient (Wildman–Crippen LogP) is 5.38. The van der Waals surface area contributed by atoms with Crippen LogP contribution >= 0.6 is 11.8 Å². The number of rotatable bonds is 2. The van der Waals surface area contributed by atoms with Crippen molar-refractivity contribution in [2.45, 2.75) is 12.2 Å². The van der Waals surface area contributed by atoms with E-state index in [1.807, 2.05) is 11.8 Å². The van der Waals surface area contributed by atoms with Crippen LogP contribution in [-0.2, 0) is 0 Å². The third-order valence-electron chi connectivity index (χ3n) is 3.33. The topological polar surface area (TPSA) is 0 Å². The van der Waals surface area contributed by atoms with E-state index in [1.165, 1.54) is 21.6 Å². The average molecular weight is 264 g/mol. The van der Waals surface area contributed by atoms with Gasteiger partial charge in [-0.1, -0.05) is 66.7 Å². The van der Waals surface area contributed by atoms with Crippen molar-refractivity contribution in [3.8, 4) is 0 Å².